The van der Waals surface area contributed by atoms with Gasteiger partial charge in [-0.1, -0.05) is 28.4 Å². The predicted molar refractivity (Wildman–Crippen MR) is 77.8 cm³/mol. The van der Waals surface area contributed by atoms with Crippen LogP contribution in [0.2, 0.25) is 0 Å². The zero-order valence-electron chi connectivity index (χ0n) is 10.8. The van der Waals surface area contributed by atoms with Gasteiger partial charge in [-0.3, -0.25) is 14.9 Å². The Morgan fingerprint density at radius 1 is 1.37 bits per heavy atom. The van der Waals surface area contributed by atoms with Crippen LogP contribution in [0.15, 0.2) is 18.2 Å². The fraction of sp³-hybridized carbons (Fsp3) is 0.462. The molecule has 19 heavy (non-hydrogen) atoms. The van der Waals surface area contributed by atoms with Crippen LogP contribution in [0.3, 0.4) is 0 Å². The van der Waals surface area contributed by atoms with E-state index in [2.05, 4.69) is 21.2 Å². The van der Waals surface area contributed by atoms with Crippen molar-refractivity contribution in [2.24, 2.45) is 0 Å². The third-order valence-corrected chi connectivity index (χ3v) is 3.32. The van der Waals surface area contributed by atoms with E-state index in [1.54, 1.807) is 19.1 Å². The Morgan fingerprint density at radius 2 is 2.11 bits per heavy atom. The standard InChI is InChI=1S/C13H17BrN2O3/c1-10-5-6-11(9-12(10)16(18)19)13(17)15-8-4-2-3-7-14/h5-6,9H,2-4,7-8H2,1H3,(H,15,17). The van der Waals surface area contributed by atoms with Gasteiger partial charge < -0.3 is 5.32 Å². The second-order valence-corrected chi connectivity index (χ2v) is 5.06. The van der Waals surface area contributed by atoms with Crippen LogP contribution in [0.25, 0.3) is 0 Å². The van der Waals surface area contributed by atoms with E-state index in [0.29, 0.717) is 17.7 Å². The fourth-order valence-electron chi connectivity index (χ4n) is 1.65. The van der Waals surface area contributed by atoms with E-state index >= 15 is 0 Å². The number of amides is 1. The Bertz CT molecular complexity index is 463. The summed E-state index contributed by atoms with van der Waals surface area (Å²) in [5.74, 6) is -0.262. The first-order chi connectivity index (χ1) is 9.06. The van der Waals surface area contributed by atoms with Crippen LogP contribution in [-0.2, 0) is 0 Å². The molecule has 5 nitrogen and oxygen atoms in total. The SMILES string of the molecule is Cc1ccc(C(=O)NCCCCCBr)cc1[N+](=O)[O-]. The van der Waals surface area contributed by atoms with Crippen LogP contribution in [0.4, 0.5) is 5.69 Å². The number of rotatable bonds is 7. The van der Waals surface area contributed by atoms with Crippen molar-refractivity contribution in [1.82, 2.24) is 5.32 Å². The molecule has 0 bridgehead atoms. The second-order valence-electron chi connectivity index (χ2n) is 4.26. The average Bonchev–Trinajstić information content (AvgIpc) is 2.38. The number of carbonyl (C=O) groups is 1. The maximum Gasteiger partial charge on any atom is 0.273 e. The van der Waals surface area contributed by atoms with Crippen molar-refractivity contribution in [3.05, 3.63) is 39.4 Å². The maximum atomic E-state index is 11.8. The molecule has 0 fully saturated rings. The van der Waals surface area contributed by atoms with Gasteiger partial charge in [0.2, 0.25) is 0 Å². The molecule has 104 valence electrons. The molecule has 1 aromatic carbocycles. The number of nitrogens with one attached hydrogen (secondary N) is 1. The second kappa shape index (κ2) is 7.89. The summed E-state index contributed by atoms with van der Waals surface area (Å²) in [5, 5.41) is 14.5. The van der Waals surface area contributed by atoms with Gasteiger partial charge in [0.1, 0.15) is 0 Å². The number of hydrogen-bond acceptors (Lipinski definition) is 3. The highest BCUT2D eigenvalue weighted by Gasteiger charge is 2.14. The molecule has 6 heteroatoms. The van der Waals surface area contributed by atoms with Crippen molar-refractivity contribution in [3.63, 3.8) is 0 Å². The number of aryl methyl sites for hydroxylation is 1. The first-order valence-corrected chi connectivity index (χ1v) is 7.27. The smallest absolute Gasteiger partial charge is 0.273 e. The molecular formula is C13H17BrN2O3. The Balaban J connectivity index is 2.57. The molecule has 1 amide bonds. The number of hydrogen-bond donors (Lipinski definition) is 1. The first-order valence-electron chi connectivity index (χ1n) is 6.15. The molecule has 0 saturated heterocycles. The molecule has 0 aliphatic carbocycles. The van der Waals surface area contributed by atoms with Crippen LogP contribution >= 0.6 is 15.9 Å². The number of carbonyl (C=O) groups excluding carboxylic acids is 1. The van der Waals surface area contributed by atoms with Gasteiger partial charge in [0.25, 0.3) is 11.6 Å². The van der Waals surface area contributed by atoms with Crippen molar-refractivity contribution in [2.75, 3.05) is 11.9 Å². The molecule has 0 saturated carbocycles. The average molecular weight is 329 g/mol. The third kappa shape index (κ3) is 4.98. The zero-order chi connectivity index (χ0) is 14.3. The van der Waals surface area contributed by atoms with E-state index in [4.69, 9.17) is 0 Å². The van der Waals surface area contributed by atoms with Gasteiger partial charge in [0.05, 0.1) is 4.92 Å². The molecule has 0 aliphatic rings. The van der Waals surface area contributed by atoms with Gasteiger partial charge in [-0.2, -0.15) is 0 Å². The molecular weight excluding hydrogens is 312 g/mol. The molecule has 0 radical (unpaired) electrons. The largest absolute Gasteiger partial charge is 0.352 e. The number of halogens is 1. The number of nitro benzene ring substituents is 1. The van der Waals surface area contributed by atoms with Gasteiger partial charge in [0, 0.05) is 29.1 Å². The van der Waals surface area contributed by atoms with E-state index in [9.17, 15) is 14.9 Å². The lowest BCUT2D eigenvalue weighted by atomic mass is 10.1. The minimum absolute atomic E-state index is 0.0214. The Kier molecular flexibility index (Phi) is 6.49. The van der Waals surface area contributed by atoms with Crippen LogP contribution in [0.5, 0.6) is 0 Å². The molecule has 1 rings (SSSR count). The van der Waals surface area contributed by atoms with Crippen LogP contribution in [0, 0.1) is 17.0 Å². The normalized spacial score (nSPS) is 10.2. The van der Waals surface area contributed by atoms with Gasteiger partial charge in [-0.15, -0.1) is 0 Å². The number of alkyl halides is 1. The van der Waals surface area contributed by atoms with E-state index in [1.165, 1.54) is 6.07 Å². The zero-order valence-corrected chi connectivity index (χ0v) is 12.4. The molecule has 0 unspecified atom stereocenters. The Morgan fingerprint density at radius 3 is 2.74 bits per heavy atom. The van der Waals surface area contributed by atoms with Crippen LogP contribution in [-0.4, -0.2) is 22.7 Å². The molecule has 0 heterocycles. The molecule has 0 aromatic heterocycles. The van der Waals surface area contributed by atoms with Gasteiger partial charge >= 0.3 is 0 Å². The van der Waals surface area contributed by atoms with Gasteiger partial charge in [-0.05, 0) is 25.8 Å². The summed E-state index contributed by atoms with van der Waals surface area (Å²) in [6.45, 7) is 2.24. The number of nitro groups is 1. The summed E-state index contributed by atoms with van der Waals surface area (Å²) in [6, 6.07) is 4.52. The number of nitrogens with zero attached hydrogens (tertiary/aromatic N) is 1. The van der Waals surface area contributed by atoms with E-state index in [-0.39, 0.29) is 11.6 Å². The highest BCUT2D eigenvalue weighted by Crippen LogP contribution is 2.19. The summed E-state index contributed by atoms with van der Waals surface area (Å²) in [6.07, 6.45) is 3.02. The van der Waals surface area contributed by atoms with E-state index in [1.807, 2.05) is 0 Å². The van der Waals surface area contributed by atoms with Crippen molar-refractivity contribution in [1.29, 1.82) is 0 Å². The van der Waals surface area contributed by atoms with Gasteiger partial charge in [0.15, 0.2) is 0 Å². The summed E-state index contributed by atoms with van der Waals surface area (Å²) in [5.41, 5.74) is 0.864. The Hall–Kier alpha value is -1.43. The molecule has 0 spiro atoms. The summed E-state index contributed by atoms with van der Waals surface area (Å²) in [4.78, 5) is 22.1. The van der Waals surface area contributed by atoms with Crippen LogP contribution < -0.4 is 5.32 Å². The topological polar surface area (TPSA) is 72.2 Å². The minimum Gasteiger partial charge on any atom is -0.352 e. The monoisotopic (exact) mass is 328 g/mol. The van der Waals surface area contributed by atoms with Crippen LogP contribution in [0.1, 0.15) is 35.2 Å². The van der Waals surface area contributed by atoms with Crippen molar-refractivity contribution in [2.45, 2.75) is 26.2 Å². The molecule has 0 atom stereocenters. The van der Waals surface area contributed by atoms with Crippen molar-refractivity contribution < 1.29 is 9.72 Å². The molecule has 1 aromatic rings. The lowest BCUT2D eigenvalue weighted by Crippen LogP contribution is -2.24. The summed E-state index contributed by atoms with van der Waals surface area (Å²) in [7, 11) is 0. The van der Waals surface area contributed by atoms with E-state index in [0.717, 1.165) is 24.6 Å². The first kappa shape index (κ1) is 15.6. The predicted octanol–water partition coefficient (Wildman–Crippen LogP) is 3.20. The van der Waals surface area contributed by atoms with Crippen molar-refractivity contribution in [3.8, 4) is 0 Å². The highest BCUT2D eigenvalue weighted by atomic mass is 79.9. The minimum atomic E-state index is -0.470. The van der Waals surface area contributed by atoms with Gasteiger partial charge in [-0.25, -0.2) is 0 Å². The maximum absolute atomic E-state index is 11.8. The highest BCUT2D eigenvalue weighted by molar-refractivity contribution is 9.09. The number of unbranched alkanes of at least 4 members (excludes halogenated alkanes) is 2. The van der Waals surface area contributed by atoms with E-state index < -0.39 is 4.92 Å². The lowest BCUT2D eigenvalue weighted by molar-refractivity contribution is -0.385. The third-order valence-electron chi connectivity index (χ3n) is 2.76. The fourth-order valence-corrected chi connectivity index (χ4v) is 2.04. The molecule has 1 N–H and O–H groups in total. The number of benzene rings is 1. The Labute approximate surface area is 120 Å². The molecule has 0 aliphatic heterocycles. The quantitative estimate of drug-likeness (QED) is 0.361. The van der Waals surface area contributed by atoms with Crippen molar-refractivity contribution >= 4 is 27.5 Å². The lowest BCUT2D eigenvalue weighted by Gasteiger charge is -2.05. The summed E-state index contributed by atoms with van der Waals surface area (Å²) < 4.78 is 0. The summed E-state index contributed by atoms with van der Waals surface area (Å²) >= 11 is 3.34.